The van der Waals surface area contributed by atoms with Crippen molar-refractivity contribution in [3.8, 4) is 17.8 Å². The summed E-state index contributed by atoms with van der Waals surface area (Å²) in [5, 5.41) is 9.83. The summed E-state index contributed by atoms with van der Waals surface area (Å²) in [4.78, 5) is 35.0. The molecule has 0 radical (unpaired) electrons. The molecule has 2 heterocycles. The number of ether oxygens (including phenoxy) is 2. The second-order valence-electron chi connectivity index (χ2n) is 11.4. The van der Waals surface area contributed by atoms with E-state index in [1.54, 1.807) is 0 Å². The van der Waals surface area contributed by atoms with E-state index in [0.29, 0.717) is 26.1 Å². The number of unbranched alkanes of at least 4 members (excludes halogenated alkanes) is 1. The molecule has 0 saturated carbocycles. The van der Waals surface area contributed by atoms with Gasteiger partial charge in [0.2, 0.25) is 5.82 Å². The van der Waals surface area contributed by atoms with Gasteiger partial charge in [-0.3, -0.25) is 9.69 Å². The Morgan fingerprint density at radius 3 is 2.56 bits per heavy atom. The highest BCUT2D eigenvalue weighted by Gasteiger charge is 2.36. The number of amides is 2. The molecular weight excluding hydrogens is 496 g/mol. The van der Waals surface area contributed by atoms with Gasteiger partial charge in [0.25, 0.3) is 11.8 Å². The molecule has 200 valence electrons. The van der Waals surface area contributed by atoms with Crippen molar-refractivity contribution in [2.45, 2.75) is 77.4 Å². The normalized spacial score (nSPS) is 14.0. The number of nitrogens with zero attached hydrogens (tertiary/aromatic N) is 4. The van der Waals surface area contributed by atoms with Gasteiger partial charge in [0, 0.05) is 33.8 Å². The van der Waals surface area contributed by atoms with E-state index in [-0.39, 0.29) is 41.8 Å². The predicted octanol–water partition coefficient (Wildman–Crippen LogP) is 4.76. The lowest BCUT2D eigenvalue weighted by Crippen LogP contribution is -2.42. The van der Waals surface area contributed by atoms with Gasteiger partial charge in [0.1, 0.15) is 6.73 Å². The molecular formula is C24H40N4O6Si2. The topological polar surface area (TPSA) is 114 Å². The summed E-state index contributed by atoms with van der Waals surface area (Å²) in [6.07, 6.45) is 1.13. The summed E-state index contributed by atoms with van der Waals surface area (Å²) in [6.45, 7) is 18.6. The minimum atomic E-state index is -1.83. The zero-order chi connectivity index (χ0) is 27.1. The second kappa shape index (κ2) is 12.2. The molecule has 0 unspecified atom stereocenters. The summed E-state index contributed by atoms with van der Waals surface area (Å²) in [7, 11) is -3.11. The highest BCUT2D eigenvalue weighted by atomic mass is 28.4. The Morgan fingerprint density at radius 2 is 1.94 bits per heavy atom. The van der Waals surface area contributed by atoms with Crippen molar-refractivity contribution in [1.29, 1.82) is 0 Å². The number of carboxylic acid groups (broad SMARTS) is 1. The number of hydrogen-bond acceptors (Lipinski definition) is 7. The maximum absolute atomic E-state index is 12.5. The smallest absolute Gasteiger partial charge is 0.425 e. The maximum atomic E-state index is 12.5. The number of carbonyl (C=O) groups is 2. The van der Waals surface area contributed by atoms with Crippen LogP contribution in [0.25, 0.3) is 0 Å². The number of rotatable bonds is 10. The van der Waals surface area contributed by atoms with Crippen LogP contribution in [0.5, 0.6) is 5.88 Å². The summed E-state index contributed by atoms with van der Waals surface area (Å²) < 4.78 is 17.2. The van der Waals surface area contributed by atoms with Gasteiger partial charge in [0.05, 0.1) is 6.20 Å². The van der Waals surface area contributed by atoms with E-state index in [1.165, 1.54) is 11.1 Å². The van der Waals surface area contributed by atoms with E-state index in [0.717, 1.165) is 10.9 Å². The maximum Gasteiger partial charge on any atom is 0.425 e. The molecule has 1 aromatic heterocycles. The van der Waals surface area contributed by atoms with Crippen LogP contribution < -0.4 is 14.5 Å². The Hall–Kier alpha value is -2.47. The fourth-order valence-corrected chi connectivity index (χ4v) is 4.62. The molecule has 0 aromatic carbocycles. The van der Waals surface area contributed by atoms with E-state index >= 15 is 0 Å². The van der Waals surface area contributed by atoms with E-state index in [2.05, 4.69) is 75.4 Å². The first kappa shape index (κ1) is 29.8. The zero-order valence-corrected chi connectivity index (χ0v) is 24.8. The molecule has 1 aliphatic heterocycles. The third-order valence-electron chi connectivity index (χ3n) is 6.14. The largest absolute Gasteiger partial charge is 0.465 e. The highest BCUT2D eigenvalue weighted by molar-refractivity contribution is 6.76. The monoisotopic (exact) mass is 536 g/mol. The summed E-state index contributed by atoms with van der Waals surface area (Å²) in [6, 6.07) is 3.58. The van der Waals surface area contributed by atoms with E-state index < -0.39 is 22.5 Å². The lowest BCUT2D eigenvalue weighted by molar-refractivity contribution is -0.122. The van der Waals surface area contributed by atoms with Crippen LogP contribution in [0.3, 0.4) is 0 Å². The van der Waals surface area contributed by atoms with E-state index in [4.69, 9.17) is 13.9 Å². The van der Waals surface area contributed by atoms with Crippen LogP contribution in [0.1, 0.15) is 33.6 Å². The van der Waals surface area contributed by atoms with E-state index in [1.807, 2.05) is 0 Å². The standard InChI is InChI=1S/C24H40N4O6Si2/c1-24(2,3)36(7,8)34-13-11-9-10-12-27(23(30)31)19-16-25-22-21(26-19)28(20(29)17-33-22)18-32-14-15-35(4,5)6/h16H,9,11,13-15,17-18H2,1-8H3,(H,30,31). The molecule has 2 amide bonds. The van der Waals surface area contributed by atoms with Crippen LogP contribution in [-0.2, 0) is 14.0 Å². The van der Waals surface area contributed by atoms with Crippen LogP contribution >= 0.6 is 0 Å². The molecule has 2 rings (SSSR count). The summed E-state index contributed by atoms with van der Waals surface area (Å²) in [5.74, 6) is 2.79. The fraction of sp³-hybridized carbons (Fsp3) is 0.667. The van der Waals surface area contributed by atoms with Crippen LogP contribution in [0.2, 0.25) is 43.8 Å². The average Bonchev–Trinajstić information content (AvgIpc) is 2.75. The number of aromatic nitrogens is 2. The molecule has 0 saturated heterocycles. The summed E-state index contributed by atoms with van der Waals surface area (Å²) in [5.41, 5.74) is 0. The third kappa shape index (κ3) is 8.58. The lowest BCUT2D eigenvalue weighted by atomic mass is 10.2. The molecule has 1 aromatic rings. The van der Waals surface area contributed by atoms with Gasteiger partial charge >= 0.3 is 6.09 Å². The van der Waals surface area contributed by atoms with Crippen LogP contribution in [0.15, 0.2) is 6.20 Å². The molecule has 36 heavy (non-hydrogen) atoms. The Kier molecular flexibility index (Phi) is 10.1. The van der Waals surface area contributed by atoms with Crippen molar-refractivity contribution in [1.82, 2.24) is 9.97 Å². The Labute approximate surface area is 216 Å². The number of fused-ring (bicyclic) bond motifs is 1. The molecule has 0 atom stereocenters. The highest BCUT2D eigenvalue weighted by Crippen LogP contribution is 2.36. The SMILES string of the molecule is CC(C)(C)[Si](C)(C)OCCCC#CN(C(=O)O)c1cnc2c(n1)N(COCC[Si](C)(C)C)C(=O)CO2. The molecule has 12 heteroatoms. The quantitative estimate of drug-likeness (QED) is 0.197. The Balaban J connectivity index is 2.07. The number of carbonyl (C=O) groups excluding carboxylic acids is 1. The minimum absolute atomic E-state index is 0.00914. The van der Waals surface area contributed by atoms with Crippen molar-refractivity contribution >= 4 is 40.0 Å². The summed E-state index contributed by atoms with van der Waals surface area (Å²) >= 11 is 0. The minimum Gasteiger partial charge on any atom is -0.465 e. The molecule has 10 nitrogen and oxygen atoms in total. The lowest BCUT2D eigenvalue weighted by Gasteiger charge is -2.36. The Morgan fingerprint density at radius 1 is 1.25 bits per heavy atom. The van der Waals surface area contributed by atoms with Gasteiger partial charge < -0.3 is 19.0 Å². The third-order valence-corrected chi connectivity index (χ3v) is 12.4. The Bertz CT molecular complexity index is 995. The number of anilines is 2. The van der Waals surface area contributed by atoms with E-state index in [9.17, 15) is 14.7 Å². The van der Waals surface area contributed by atoms with Crippen molar-refractivity contribution in [2.75, 3.05) is 36.4 Å². The van der Waals surface area contributed by atoms with Crippen LogP contribution in [-0.4, -0.2) is 70.0 Å². The molecule has 0 aliphatic carbocycles. The average molecular weight is 537 g/mol. The van der Waals surface area contributed by atoms with Crippen molar-refractivity contribution < 1.29 is 28.6 Å². The first-order valence-electron chi connectivity index (χ1n) is 12.2. The first-order chi connectivity index (χ1) is 16.6. The van der Waals surface area contributed by atoms with Crippen molar-refractivity contribution in [2.24, 2.45) is 0 Å². The zero-order valence-electron chi connectivity index (χ0n) is 22.8. The van der Waals surface area contributed by atoms with Gasteiger partial charge in [-0.25, -0.2) is 14.8 Å². The van der Waals surface area contributed by atoms with Crippen molar-refractivity contribution in [3.63, 3.8) is 0 Å². The van der Waals surface area contributed by atoms with Gasteiger partial charge in [-0.05, 0) is 30.6 Å². The molecule has 0 bridgehead atoms. The first-order valence-corrected chi connectivity index (χ1v) is 18.8. The van der Waals surface area contributed by atoms with Gasteiger partial charge in [0.15, 0.2) is 20.7 Å². The molecule has 1 N–H and O–H groups in total. The van der Waals surface area contributed by atoms with Crippen molar-refractivity contribution in [3.05, 3.63) is 6.20 Å². The van der Waals surface area contributed by atoms with Crippen LogP contribution in [0, 0.1) is 12.0 Å². The van der Waals surface area contributed by atoms with Gasteiger partial charge in [-0.15, -0.1) is 0 Å². The van der Waals surface area contributed by atoms with Crippen LogP contribution in [0.4, 0.5) is 16.4 Å². The second-order valence-corrected chi connectivity index (χ2v) is 21.9. The fourth-order valence-electron chi connectivity index (χ4n) is 2.78. The van der Waals surface area contributed by atoms with Gasteiger partial charge in [-0.1, -0.05) is 46.3 Å². The number of hydrogen-bond donors (Lipinski definition) is 1. The van der Waals surface area contributed by atoms with Gasteiger partial charge in [-0.2, -0.15) is 4.90 Å². The molecule has 1 aliphatic rings. The molecule has 0 fully saturated rings. The molecule has 0 spiro atoms. The predicted molar refractivity (Wildman–Crippen MR) is 145 cm³/mol.